The lowest BCUT2D eigenvalue weighted by molar-refractivity contribution is 0.102. The van der Waals surface area contributed by atoms with E-state index in [2.05, 4.69) is 16.1 Å². The summed E-state index contributed by atoms with van der Waals surface area (Å²) in [5.41, 5.74) is 1.27. The fourth-order valence-electron chi connectivity index (χ4n) is 3.45. The van der Waals surface area contributed by atoms with Gasteiger partial charge >= 0.3 is 0 Å². The molecule has 3 rings (SSSR count). The predicted molar refractivity (Wildman–Crippen MR) is 118 cm³/mol. The number of anilines is 1. The molecule has 0 unspecified atom stereocenters. The molecule has 0 saturated heterocycles. The molecule has 0 fully saturated rings. The molecular weight excluding hydrogens is 419 g/mol. The number of benzene rings is 2. The Balaban J connectivity index is 1.73. The van der Waals surface area contributed by atoms with Crippen LogP contribution < -0.4 is 14.8 Å². The van der Waals surface area contributed by atoms with E-state index in [4.69, 9.17) is 4.74 Å². The molecule has 0 radical (unpaired) electrons. The lowest BCUT2D eigenvalue weighted by Crippen LogP contribution is -2.26. The Morgan fingerprint density at radius 3 is 2.71 bits per heavy atom. The van der Waals surface area contributed by atoms with Crippen LogP contribution in [0, 0.1) is 5.82 Å². The van der Waals surface area contributed by atoms with Crippen molar-refractivity contribution in [2.45, 2.75) is 43.9 Å². The number of para-hydroxylation sites is 2. The molecule has 2 aromatic rings. The molecule has 0 aromatic heterocycles. The molecule has 166 valence electrons. The second-order valence-corrected chi connectivity index (χ2v) is 9.05. The van der Waals surface area contributed by atoms with Crippen LogP contribution in [0.4, 0.5) is 10.1 Å². The van der Waals surface area contributed by atoms with Crippen LogP contribution in [-0.4, -0.2) is 27.5 Å². The third-order valence-electron chi connectivity index (χ3n) is 5.05. The van der Waals surface area contributed by atoms with Crippen molar-refractivity contribution in [3.8, 4) is 5.75 Å². The van der Waals surface area contributed by atoms with Crippen molar-refractivity contribution in [2.75, 3.05) is 18.5 Å². The molecule has 1 aliphatic carbocycles. The average Bonchev–Trinajstić information content (AvgIpc) is 2.76. The third-order valence-corrected chi connectivity index (χ3v) is 6.51. The third kappa shape index (κ3) is 6.15. The summed E-state index contributed by atoms with van der Waals surface area (Å²) in [5.74, 6) is -1.12. The Hall–Kier alpha value is -2.71. The fourth-order valence-corrected chi connectivity index (χ4v) is 4.51. The van der Waals surface area contributed by atoms with Crippen molar-refractivity contribution >= 4 is 21.6 Å². The number of carbonyl (C=O) groups is 1. The molecule has 0 aliphatic heterocycles. The molecule has 2 N–H and O–H groups in total. The quantitative estimate of drug-likeness (QED) is 0.550. The smallest absolute Gasteiger partial charge is 0.258 e. The molecule has 0 saturated carbocycles. The van der Waals surface area contributed by atoms with Crippen molar-refractivity contribution in [3.63, 3.8) is 0 Å². The molecule has 2 aromatic carbocycles. The molecule has 0 heterocycles. The van der Waals surface area contributed by atoms with Gasteiger partial charge in [-0.1, -0.05) is 23.8 Å². The van der Waals surface area contributed by atoms with Crippen LogP contribution in [0.2, 0.25) is 0 Å². The number of hydrogen-bond donors (Lipinski definition) is 2. The van der Waals surface area contributed by atoms with E-state index in [-0.39, 0.29) is 17.0 Å². The summed E-state index contributed by atoms with van der Waals surface area (Å²) in [4.78, 5) is 12.5. The van der Waals surface area contributed by atoms with E-state index in [0.717, 1.165) is 37.5 Å². The van der Waals surface area contributed by atoms with Crippen LogP contribution in [0.3, 0.4) is 0 Å². The van der Waals surface area contributed by atoms with Gasteiger partial charge in [0.2, 0.25) is 10.0 Å². The number of nitrogens with one attached hydrogen (secondary N) is 2. The zero-order valence-corrected chi connectivity index (χ0v) is 18.3. The van der Waals surface area contributed by atoms with E-state index in [9.17, 15) is 17.6 Å². The van der Waals surface area contributed by atoms with Crippen LogP contribution in [0.1, 0.15) is 49.4 Å². The van der Waals surface area contributed by atoms with Crippen LogP contribution in [0.15, 0.2) is 59.0 Å². The highest BCUT2D eigenvalue weighted by molar-refractivity contribution is 7.89. The van der Waals surface area contributed by atoms with Gasteiger partial charge in [-0.3, -0.25) is 4.79 Å². The zero-order chi connectivity index (χ0) is 22.3. The Kier molecular flexibility index (Phi) is 7.81. The molecule has 0 bridgehead atoms. The Morgan fingerprint density at radius 2 is 1.97 bits per heavy atom. The van der Waals surface area contributed by atoms with Gasteiger partial charge in [0.25, 0.3) is 5.91 Å². The van der Waals surface area contributed by atoms with E-state index < -0.39 is 21.7 Å². The Labute approximate surface area is 182 Å². The van der Waals surface area contributed by atoms with Crippen LogP contribution >= 0.6 is 0 Å². The molecule has 1 aliphatic rings. The van der Waals surface area contributed by atoms with Crippen molar-refractivity contribution in [3.05, 3.63) is 65.5 Å². The maximum atomic E-state index is 14.3. The minimum absolute atomic E-state index is 0.158. The predicted octanol–water partition coefficient (Wildman–Crippen LogP) is 4.65. The largest absolute Gasteiger partial charge is 0.492 e. The second kappa shape index (κ2) is 10.5. The summed E-state index contributed by atoms with van der Waals surface area (Å²) in [7, 11) is -3.87. The van der Waals surface area contributed by atoms with E-state index in [1.165, 1.54) is 12.0 Å². The summed E-state index contributed by atoms with van der Waals surface area (Å²) >= 11 is 0. The fraction of sp³-hybridized carbons (Fsp3) is 0.348. The van der Waals surface area contributed by atoms with Gasteiger partial charge in [-0.15, -0.1) is 0 Å². The summed E-state index contributed by atoms with van der Waals surface area (Å²) in [6, 6.07) is 9.97. The van der Waals surface area contributed by atoms with Gasteiger partial charge in [0.1, 0.15) is 11.6 Å². The van der Waals surface area contributed by atoms with Crippen LogP contribution in [-0.2, 0) is 10.0 Å². The van der Waals surface area contributed by atoms with Crippen molar-refractivity contribution in [1.82, 2.24) is 4.72 Å². The van der Waals surface area contributed by atoms with Crippen LogP contribution in [0.5, 0.6) is 5.75 Å². The second-order valence-electron chi connectivity index (χ2n) is 7.28. The molecule has 31 heavy (non-hydrogen) atoms. The maximum absolute atomic E-state index is 14.3. The number of hydrogen-bond acceptors (Lipinski definition) is 4. The lowest BCUT2D eigenvalue weighted by Gasteiger charge is -2.14. The standard InChI is InChI=1S/C23H27FN2O4S/c1-2-30-22-11-7-6-10-21(22)26-23(27)19-16-18(12-13-20(19)24)31(28,29)25-15-14-17-8-4-3-5-9-17/h6-8,10-13,16,25H,2-5,9,14-15H2,1H3,(H,26,27). The number of ether oxygens (including phenoxy) is 1. The van der Waals surface area contributed by atoms with Crippen molar-refractivity contribution < 1.29 is 22.3 Å². The molecule has 1 amide bonds. The summed E-state index contributed by atoms with van der Waals surface area (Å²) < 4.78 is 47.6. The van der Waals surface area contributed by atoms with Gasteiger partial charge in [0.05, 0.1) is 22.8 Å². The number of amides is 1. The topological polar surface area (TPSA) is 84.5 Å². The number of carbonyl (C=O) groups excluding carboxylic acids is 1. The molecule has 6 nitrogen and oxygen atoms in total. The first-order valence-corrected chi connectivity index (χ1v) is 11.9. The van der Waals surface area contributed by atoms with Crippen molar-refractivity contribution in [1.29, 1.82) is 0 Å². The summed E-state index contributed by atoms with van der Waals surface area (Å²) in [5, 5.41) is 2.59. The highest BCUT2D eigenvalue weighted by Gasteiger charge is 2.20. The van der Waals surface area contributed by atoms with Gasteiger partial charge in [-0.05, 0) is 69.4 Å². The number of allylic oxidation sites excluding steroid dienone is 1. The maximum Gasteiger partial charge on any atom is 0.258 e. The van der Waals surface area contributed by atoms with Gasteiger partial charge in [0.15, 0.2) is 0 Å². The zero-order valence-electron chi connectivity index (χ0n) is 17.5. The first-order valence-electron chi connectivity index (χ1n) is 10.4. The highest BCUT2D eigenvalue weighted by atomic mass is 32.2. The monoisotopic (exact) mass is 446 g/mol. The van der Waals surface area contributed by atoms with E-state index in [1.54, 1.807) is 24.3 Å². The Bertz CT molecular complexity index is 1070. The minimum Gasteiger partial charge on any atom is -0.492 e. The van der Waals surface area contributed by atoms with Gasteiger partial charge in [0, 0.05) is 6.54 Å². The molecule has 8 heteroatoms. The molecular formula is C23H27FN2O4S. The highest BCUT2D eigenvalue weighted by Crippen LogP contribution is 2.25. The average molecular weight is 447 g/mol. The summed E-state index contributed by atoms with van der Waals surface area (Å²) in [6.45, 7) is 2.47. The lowest BCUT2D eigenvalue weighted by atomic mass is 9.97. The Morgan fingerprint density at radius 1 is 1.16 bits per heavy atom. The van der Waals surface area contributed by atoms with Gasteiger partial charge in [-0.2, -0.15) is 0 Å². The van der Waals surface area contributed by atoms with Crippen molar-refractivity contribution in [2.24, 2.45) is 0 Å². The van der Waals surface area contributed by atoms with E-state index in [1.807, 2.05) is 6.92 Å². The number of halogens is 1. The number of sulfonamides is 1. The molecule has 0 spiro atoms. The summed E-state index contributed by atoms with van der Waals surface area (Å²) in [6.07, 6.45) is 7.13. The van der Waals surface area contributed by atoms with Gasteiger partial charge < -0.3 is 10.1 Å². The molecule has 0 atom stereocenters. The van der Waals surface area contributed by atoms with Gasteiger partial charge in [-0.25, -0.2) is 17.5 Å². The van der Waals surface area contributed by atoms with E-state index >= 15 is 0 Å². The number of rotatable bonds is 9. The first kappa shape index (κ1) is 23.0. The van der Waals surface area contributed by atoms with E-state index in [0.29, 0.717) is 24.5 Å². The normalized spacial score (nSPS) is 14.1. The SMILES string of the molecule is CCOc1ccccc1NC(=O)c1cc(S(=O)(=O)NCCC2=CCCCC2)ccc1F. The first-order chi connectivity index (χ1) is 14.9. The van der Waals surface area contributed by atoms with Crippen LogP contribution in [0.25, 0.3) is 0 Å². The minimum atomic E-state index is -3.87.